The minimum atomic E-state index is -0.569. The number of rotatable bonds is 2. The summed E-state index contributed by atoms with van der Waals surface area (Å²) in [5.74, 6) is 0.770. The molecule has 0 N–H and O–H groups in total. The molecular weight excluding hydrogens is 382 g/mol. The number of nitrogens with zero attached hydrogens (tertiary/aromatic N) is 1. The van der Waals surface area contributed by atoms with Crippen LogP contribution in [0.4, 0.5) is 4.79 Å². The van der Waals surface area contributed by atoms with E-state index < -0.39 is 11.7 Å². The van der Waals surface area contributed by atoms with E-state index in [0.29, 0.717) is 0 Å². The fourth-order valence-corrected chi connectivity index (χ4v) is 3.04. The summed E-state index contributed by atoms with van der Waals surface area (Å²) in [6.45, 7) is 5.58. The van der Waals surface area contributed by atoms with Gasteiger partial charge in [0.2, 0.25) is 0 Å². The molecule has 3 aromatic rings. The van der Waals surface area contributed by atoms with Gasteiger partial charge in [-0.15, -0.1) is 0 Å². The zero-order chi connectivity index (χ0) is 18.2. The van der Waals surface area contributed by atoms with Crippen LogP contribution in [0, 0.1) is 0 Å². The predicted octanol–water partition coefficient (Wildman–Crippen LogP) is 5.86. The molecule has 0 aliphatic rings. The van der Waals surface area contributed by atoms with Gasteiger partial charge in [0.15, 0.2) is 0 Å². The standard InChI is InChI=1S/C20H20BrNO3/c1-20(2,3)25-19(23)22-17-10-7-15(21)11-14(17)12-18(22)13-5-8-16(24-4)9-6-13/h5-12H,1-4H3. The molecule has 0 saturated heterocycles. The van der Waals surface area contributed by atoms with Crippen molar-refractivity contribution in [3.05, 3.63) is 53.0 Å². The second-order valence-electron chi connectivity index (χ2n) is 6.78. The summed E-state index contributed by atoms with van der Waals surface area (Å²) >= 11 is 3.49. The number of hydrogen-bond donors (Lipinski definition) is 0. The number of hydrogen-bond acceptors (Lipinski definition) is 3. The molecule has 1 heterocycles. The van der Waals surface area contributed by atoms with E-state index in [4.69, 9.17) is 9.47 Å². The lowest BCUT2D eigenvalue weighted by Crippen LogP contribution is -2.27. The minimum absolute atomic E-state index is 0.393. The Kier molecular flexibility index (Phi) is 4.60. The van der Waals surface area contributed by atoms with Crippen molar-refractivity contribution >= 4 is 32.9 Å². The third-order valence-corrected chi connectivity index (χ3v) is 4.22. The number of ether oxygens (including phenoxy) is 2. The van der Waals surface area contributed by atoms with Gasteiger partial charge in [0.05, 0.1) is 18.3 Å². The molecule has 0 fully saturated rings. The number of benzene rings is 2. The van der Waals surface area contributed by atoms with E-state index in [9.17, 15) is 4.79 Å². The van der Waals surface area contributed by atoms with E-state index in [1.165, 1.54) is 0 Å². The Hall–Kier alpha value is -2.27. The molecule has 0 amide bonds. The van der Waals surface area contributed by atoms with Gasteiger partial charge in [-0.3, -0.25) is 0 Å². The Labute approximate surface area is 155 Å². The molecule has 0 aliphatic heterocycles. The Balaban J connectivity index is 2.18. The van der Waals surface area contributed by atoms with Crippen LogP contribution in [0.1, 0.15) is 20.8 Å². The zero-order valence-electron chi connectivity index (χ0n) is 14.7. The Bertz CT molecular complexity index is 921. The highest BCUT2D eigenvalue weighted by Crippen LogP contribution is 2.31. The fraction of sp³-hybridized carbons (Fsp3) is 0.250. The second kappa shape index (κ2) is 6.56. The first-order chi connectivity index (χ1) is 11.8. The molecule has 3 rings (SSSR count). The summed E-state index contributed by atoms with van der Waals surface area (Å²) in [6, 6.07) is 15.4. The largest absolute Gasteiger partial charge is 0.497 e. The Morgan fingerprint density at radius 2 is 1.72 bits per heavy atom. The van der Waals surface area contributed by atoms with Gasteiger partial charge in [-0.2, -0.15) is 0 Å². The average molecular weight is 402 g/mol. The lowest BCUT2D eigenvalue weighted by Gasteiger charge is -2.21. The fourth-order valence-electron chi connectivity index (χ4n) is 2.66. The van der Waals surface area contributed by atoms with Crippen LogP contribution in [0.25, 0.3) is 22.2 Å². The number of halogens is 1. The summed E-state index contributed by atoms with van der Waals surface area (Å²) in [5.41, 5.74) is 1.94. The first kappa shape index (κ1) is 17.5. The minimum Gasteiger partial charge on any atom is -0.497 e. The zero-order valence-corrected chi connectivity index (χ0v) is 16.3. The molecule has 0 atom stereocenters. The Morgan fingerprint density at radius 3 is 2.32 bits per heavy atom. The van der Waals surface area contributed by atoms with Crippen LogP contribution in [0.2, 0.25) is 0 Å². The van der Waals surface area contributed by atoms with Crippen molar-refractivity contribution in [3.8, 4) is 17.0 Å². The van der Waals surface area contributed by atoms with Crippen molar-refractivity contribution in [2.45, 2.75) is 26.4 Å². The number of carbonyl (C=O) groups excluding carboxylic acids is 1. The molecule has 0 aliphatic carbocycles. The maximum Gasteiger partial charge on any atom is 0.419 e. The van der Waals surface area contributed by atoms with E-state index in [2.05, 4.69) is 15.9 Å². The SMILES string of the molecule is COc1ccc(-c2cc3cc(Br)ccc3n2C(=O)OC(C)(C)C)cc1. The number of methoxy groups -OCH3 is 1. The molecule has 0 bridgehead atoms. The van der Waals surface area contributed by atoms with E-state index in [1.807, 2.05) is 69.3 Å². The molecule has 0 spiro atoms. The summed E-state index contributed by atoms with van der Waals surface area (Å²) in [6.07, 6.45) is -0.393. The van der Waals surface area contributed by atoms with Crippen molar-refractivity contribution in [2.24, 2.45) is 0 Å². The number of aromatic nitrogens is 1. The van der Waals surface area contributed by atoms with E-state index in [-0.39, 0.29) is 0 Å². The highest BCUT2D eigenvalue weighted by molar-refractivity contribution is 9.10. The number of carbonyl (C=O) groups is 1. The van der Waals surface area contributed by atoms with Crippen LogP contribution >= 0.6 is 15.9 Å². The summed E-state index contributed by atoms with van der Waals surface area (Å²) in [5, 5.41) is 0.964. The molecule has 130 valence electrons. The van der Waals surface area contributed by atoms with Crippen LogP contribution in [-0.2, 0) is 4.74 Å². The number of fused-ring (bicyclic) bond motifs is 1. The van der Waals surface area contributed by atoms with Gasteiger partial charge < -0.3 is 9.47 Å². The van der Waals surface area contributed by atoms with Crippen molar-refractivity contribution in [3.63, 3.8) is 0 Å². The lowest BCUT2D eigenvalue weighted by atomic mass is 10.1. The molecule has 5 heteroatoms. The third-order valence-electron chi connectivity index (χ3n) is 3.73. The molecule has 0 saturated carbocycles. The van der Waals surface area contributed by atoms with Gasteiger partial charge in [0, 0.05) is 9.86 Å². The molecule has 0 radical (unpaired) electrons. The summed E-state index contributed by atoms with van der Waals surface area (Å²) in [4.78, 5) is 12.8. The topological polar surface area (TPSA) is 40.5 Å². The molecule has 4 nitrogen and oxygen atoms in total. The quantitative estimate of drug-likeness (QED) is 0.539. The van der Waals surface area contributed by atoms with Gasteiger partial charge >= 0.3 is 6.09 Å². The lowest BCUT2D eigenvalue weighted by molar-refractivity contribution is 0.0547. The van der Waals surface area contributed by atoms with E-state index in [1.54, 1.807) is 11.7 Å². The van der Waals surface area contributed by atoms with Crippen molar-refractivity contribution in [2.75, 3.05) is 7.11 Å². The maximum absolute atomic E-state index is 12.8. The highest BCUT2D eigenvalue weighted by atomic mass is 79.9. The molecular formula is C20H20BrNO3. The van der Waals surface area contributed by atoms with Gasteiger partial charge in [0.1, 0.15) is 11.4 Å². The monoisotopic (exact) mass is 401 g/mol. The molecule has 25 heavy (non-hydrogen) atoms. The van der Waals surface area contributed by atoms with Crippen molar-refractivity contribution in [1.29, 1.82) is 0 Å². The average Bonchev–Trinajstić information content (AvgIpc) is 2.91. The molecule has 0 unspecified atom stereocenters. The van der Waals surface area contributed by atoms with Gasteiger partial charge in [-0.05, 0) is 74.9 Å². The van der Waals surface area contributed by atoms with Crippen LogP contribution in [0.15, 0.2) is 53.0 Å². The Morgan fingerprint density at radius 1 is 1.04 bits per heavy atom. The van der Waals surface area contributed by atoms with Crippen LogP contribution in [0.5, 0.6) is 5.75 Å². The van der Waals surface area contributed by atoms with Crippen LogP contribution < -0.4 is 4.74 Å². The van der Waals surface area contributed by atoms with Gasteiger partial charge in [0.25, 0.3) is 0 Å². The van der Waals surface area contributed by atoms with Gasteiger partial charge in [-0.25, -0.2) is 9.36 Å². The first-order valence-electron chi connectivity index (χ1n) is 7.97. The van der Waals surface area contributed by atoms with Crippen molar-refractivity contribution < 1.29 is 14.3 Å². The van der Waals surface area contributed by atoms with Crippen molar-refractivity contribution in [1.82, 2.24) is 4.57 Å². The van der Waals surface area contributed by atoms with E-state index in [0.717, 1.165) is 32.4 Å². The highest BCUT2D eigenvalue weighted by Gasteiger charge is 2.22. The summed E-state index contributed by atoms with van der Waals surface area (Å²) in [7, 11) is 1.63. The summed E-state index contributed by atoms with van der Waals surface area (Å²) < 4.78 is 13.4. The van der Waals surface area contributed by atoms with Crippen LogP contribution in [-0.4, -0.2) is 23.4 Å². The normalized spacial score (nSPS) is 11.6. The first-order valence-corrected chi connectivity index (χ1v) is 8.76. The predicted molar refractivity (Wildman–Crippen MR) is 103 cm³/mol. The molecule has 1 aromatic heterocycles. The van der Waals surface area contributed by atoms with E-state index >= 15 is 0 Å². The smallest absolute Gasteiger partial charge is 0.419 e. The maximum atomic E-state index is 12.8. The van der Waals surface area contributed by atoms with Crippen LogP contribution in [0.3, 0.4) is 0 Å². The van der Waals surface area contributed by atoms with Gasteiger partial charge in [-0.1, -0.05) is 15.9 Å². The second-order valence-corrected chi connectivity index (χ2v) is 7.69. The third kappa shape index (κ3) is 3.71. The molecule has 2 aromatic carbocycles.